The van der Waals surface area contributed by atoms with Crippen LogP contribution in [-0.2, 0) is 9.84 Å². The van der Waals surface area contributed by atoms with Crippen LogP contribution in [0.1, 0.15) is 38.9 Å². The summed E-state index contributed by atoms with van der Waals surface area (Å²) in [5.74, 6) is -1.83. The first-order chi connectivity index (χ1) is 14.2. The number of aromatic nitrogens is 3. The lowest BCUT2D eigenvalue weighted by Gasteiger charge is -2.14. The topological polar surface area (TPSA) is 102 Å². The van der Waals surface area contributed by atoms with E-state index in [1.165, 1.54) is 23.0 Å². The molecule has 4 heterocycles. The van der Waals surface area contributed by atoms with E-state index < -0.39 is 27.5 Å². The maximum atomic E-state index is 13.5. The van der Waals surface area contributed by atoms with E-state index in [0.29, 0.717) is 23.1 Å². The average Bonchev–Trinajstić information content (AvgIpc) is 3.30. The zero-order valence-corrected chi connectivity index (χ0v) is 17.2. The second-order valence-electron chi connectivity index (χ2n) is 7.38. The Morgan fingerprint density at radius 3 is 2.67 bits per heavy atom. The highest BCUT2D eigenvalue weighted by Crippen LogP contribution is 2.36. The molecular weight excluding hydrogens is 435 g/mol. The van der Waals surface area contributed by atoms with Crippen molar-refractivity contribution in [2.45, 2.75) is 19.4 Å². The first kappa shape index (κ1) is 19.1. The number of imide groups is 1. The zero-order chi connectivity index (χ0) is 21.4. The molecule has 5 rings (SSSR count). The molecule has 0 bridgehead atoms. The van der Waals surface area contributed by atoms with E-state index in [4.69, 9.17) is 11.6 Å². The van der Waals surface area contributed by atoms with Gasteiger partial charge in [-0.1, -0.05) is 11.6 Å². The van der Waals surface area contributed by atoms with E-state index in [-0.39, 0.29) is 39.4 Å². The molecule has 1 atom stereocenters. The van der Waals surface area contributed by atoms with Crippen LogP contribution >= 0.6 is 11.6 Å². The molecule has 2 aliphatic rings. The highest BCUT2D eigenvalue weighted by Gasteiger charge is 2.41. The van der Waals surface area contributed by atoms with Crippen molar-refractivity contribution in [2.24, 2.45) is 0 Å². The summed E-state index contributed by atoms with van der Waals surface area (Å²) in [7, 11) is -3.15. The summed E-state index contributed by atoms with van der Waals surface area (Å²) in [5.41, 5.74) is 1.23. The molecule has 0 radical (unpaired) electrons. The van der Waals surface area contributed by atoms with E-state index >= 15 is 0 Å². The largest absolute Gasteiger partial charge is 0.268 e. The number of hydrogen-bond donors (Lipinski definition) is 0. The Kier molecular flexibility index (Phi) is 4.03. The van der Waals surface area contributed by atoms with Gasteiger partial charge in [-0.05, 0) is 31.5 Å². The Balaban J connectivity index is 1.66. The molecule has 2 aliphatic heterocycles. The Hall–Kier alpha value is -2.85. The minimum atomic E-state index is -3.15. The van der Waals surface area contributed by atoms with Gasteiger partial charge >= 0.3 is 0 Å². The summed E-state index contributed by atoms with van der Waals surface area (Å²) in [4.78, 5) is 31.4. The number of rotatable bonds is 2. The van der Waals surface area contributed by atoms with Crippen LogP contribution in [0.5, 0.6) is 0 Å². The molecule has 11 heteroatoms. The van der Waals surface area contributed by atoms with E-state index in [0.717, 1.165) is 11.0 Å². The molecule has 2 aromatic heterocycles. The third-order valence-corrected chi connectivity index (χ3v) is 7.50. The zero-order valence-electron chi connectivity index (χ0n) is 15.6. The second kappa shape index (κ2) is 6.32. The van der Waals surface area contributed by atoms with Gasteiger partial charge in [-0.25, -0.2) is 27.4 Å². The molecule has 3 aromatic rings. The van der Waals surface area contributed by atoms with Crippen LogP contribution in [0, 0.1) is 12.7 Å². The second-order valence-corrected chi connectivity index (χ2v) is 10.0. The fraction of sp³-hybridized carbons (Fsp3) is 0.263. The van der Waals surface area contributed by atoms with Crippen LogP contribution in [-0.4, -0.2) is 46.5 Å². The standard InChI is InChI=1S/C19H14ClFN4O4S/c1-9-15-16-12(7-22-17(15)25(23-9)11-4-5-30(28,29)8-11)18(26)24(19(16)27)10-2-3-14(21)13(20)6-10/h2-3,6-7,11H,4-5,8H2,1H3. The van der Waals surface area contributed by atoms with Gasteiger partial charge in [-0.3, -0.25) is 9.59 Å². The maximum Gasteiger partial charge on any atom is 0.267 e. The summed E-state index contributed by atoms with van der Waals surface area (Å²) in [5, 5.41) is 4.63. The number of hydrogen-bond acceptors (Lipinski definition) is 6. The van der Waals surface area contributed by atoms with Gasteiger partial charge < -0.3 is 0 Å². The van der Waals surface area contributed by atoms with E-state index in [2.05, 4.69) is 10.1 Å². The van der Waals surface area contributed by atoms with Gasteiger partial charge in [0, 0.05) is 6.20 Å². The molecule has 154 valence electrons. The minimum absolute atomic E-state index is 0.0466. The normalized spacial score (nSPS) is 20.4. The summed E-state index contributed by atoms with van der Waals surface area (Å²) in [6.07, 6.45) is 1.70. The molecule has 1 aromatic carbocycles. The predicted molar refractivity (Wildman–Crippen MR) is 107 cm³/mol. The number of carbonyl (C=O) groups excluding carboxylic acids is 2. The third-order valence-electron chi connectivity index (χ3n) is 5.46. The summed E-state index contributed by atoms with van der Waals surface area (Å²) in [6, 6.07) is 3.21. The highest BCUT2D eigenvalue weighted by molar-refractivity contribution is 7.91. The first-order valence-electron chi connectivity index (χ1n) is 9.10. The number of amides is 2. The molecule has 1 saturated heterocycles. The van der Waals surface area contributed by atoms with Crippen molar-refractivity contribution in [3.8, 4) is 0 Å². The molecule has 0 aliphatic carbocycles. The van der Waals surface area contributed by atoms with Gasteiger partial charge in [0.1, 0.15) is 5.82 Å². The number of carbonyl (C=O) groups is 2. The number of aryl methyl sites for hydroxylation is 1. The molecule has 0 saturated carbocycles. The van der Waals surface area contributed by atoms with Crippen LogP contribution in [0.15, 0.2) is 24.4 Å². The Labute approximate surface area is 175 Å². The van der Waals surface area contributed by atoms with Gasteiger partial charge in [-0.2, -0.15) is 5.10 Å². The lowest BCUT2D eigenvalue weighted by Crippen LogP contribution is -2.29. The summed E-state index contributed by atoms with van der Waals surface area (Å²) < 4.78 is 38.8. The van der Waals surface area contributed by atoms with Crippen LogP contribution in [0.25, 0.3) is 11.0 Å². The number of sulfone groups is 1. The molecule has 2 amide bonds. The number of halogens is 2. The summed E-state index contributed by atoms with van der Waals surface area (Å²) >= 11 is 5.82. The number of anilines is 1. The number of pyridine rings is 1. The van der Waals surface area contributed by atoms with Crippen molar-refractivity contribution >= 4 is 50.0 Å². The fourth-order valence-electron chi connectivity index (χ4n) is 4.07. The lowest BCUT2D eigenvalue weighted by molar-refractivity contribution is 0.0926. The quantitative estimate of drug-likeness (QED) is 0.558. The van der Waals surface area contributed by atoms with Crippen LogP contribution in [0.4, 0.5) is 10.1 Å². The van der Waals surface area contributed by atoms with Crippen molar-refractivity contribution in [3.63, 3.8) is 0 Å². The summed E-state index contributed by atoms with van der Waals surface area (Å²) in [6.45, 7) is 1.68. The van der Waals surface area contributed by atoms with Gasteiger partial charge in [-0.15, -0.1) is 0 Å². The smallest absolute Gasteiger partial charge is 0.267 e. The minimum Gasteiger partial charge on any atom is -0.268 e. The fourth-order valence-corrected chi connectivity index (χ4v) is 5.93. The monoisotopic (exact) mass is 448 g/mol. The van der Waals surface area contributed by atoms with Crippen LogP contribution < -0.4 is 4.90 Å². The number of fused-ring (bicyclic) bond motifs is 3. The number of benzene rings is 1. The molecule has 1 unspecified atom stereocenters. The van der Waals surface area contributed by atoms with Crippen molar-refractivity contribution in [1.29, 1.82) is 0 Å². The van der Waals surface area contributed by atoms with Crippen LogP contribution in [0.2, 0.25) is 5.02 Å². The van der Waals surface area contributed by atoms with Gasteiger partial charge in [0.15, 0.2) is 15.5 Å². The van der Waals surface area contributed by atoms with E-state index in [9.17, 15) is 22.4 Å². The molecular formula is C19H14ClFN4O4S. The molecule has 30 heavy (non-hydrogen) atoms. The van der Waals surface area contributed by atoms with E-state index in [1.54, 1.807) is 6.92 Å². The van der Waals surface area contributed by atoms with Crippen molar-refractivity contribution in [1.82, 2.24) is 14.8 Å². The molecule has 0 spiro atoms. The first-order valence-corrected chi connectivity index (χ1v) is 11.3. The highest BCUT2D eigenvalue weighted by atomic mass is 35.5. The van der Waals surface area contributed by atoms with Crippen molar-refractivity contribution in [3.05, 3.63) is 52.1 Å². The Morgan fingerprint density at radius 2 is 2.00 bits per heavy atom. The SMILES string of the molecule is Cc1nn(C2CCS(=O)(=O)C2)c2ncc3c(c12)C(=O)N(c1ccc(F)c(Cl)c1)C3=O. The lowest BCUT2D eigenvalue weighted by atomic mass is 10.1. The van der Waals surface area contributed by atoms with Gasteiger partial charge in [0.25, 0.3) is 11.8 Å². The number of nitrogens with zero attached hydrogens (tertiary/aromatic N) is 4. The van der Waals surface area contributed by atoms with Gasteiger partial charge in [0.05, 0.1) is 50.5 Å². The average molecular weight is 449 g/mol. The molecule has 0 N–H and O–H groups in total. The van der Waals surface area contributed by atoms with Gasteiger partial charge in [0.2, 0.25) is 0 Å². The van der Waals surface area contributed by atoms with Crippen molar-refractivity contribution < 1.29 is 22.4 Å². The molecule has 8 nitrogen and oxygen atoms in total. The predicted octanol–water partition coefficient (Wildman–Crippen LogP) is 2.69. The molecule has 1 fully saturated rings. The van der Waals surface area contributed by atoms with Crippen molar-refractivity contribution in [2.75, 3.05) is 16.4 Å². The Morgan fingerprint density at radius 1 is 1.23 bits per heavy atom. The Bertz CT molecular complexity index is 1380. The third kappa shape index (κ3) is 2.67. The van der Waals surface area contributed by atoms with Crippen LogP contribution in [0.3, 0.4) is 0 Å². The maximum absolute atomic E-state index is 13.5. The van der Waals surface area contributed by atoms with E-state index in [1.807, 2.05) is 0 Å².